The summed E-state index contributed by atoms with van der Waals surface area (Å²) in [4.78, 5) is 10.5. The minimum Gasteiger partial charge on any atom is -0.481 e. The first kappa shape index (κ1) is 13.5. The number of carbonyl (C=O) groups is 1. The zero-order chi connectivity index (χ0) is 13.0. The fourth-order valence-electron chi connectivity index (χ4n) is 1.91. The van der Waals surface area contributed by atoms with E-state index in [9.17, 15) is 4.79 Å². The van der Waals surface area contributed by atoms with Crippen molar-refractivity contribution in [2.75, 3.05) is 6.61 Å². The van der Waals surface area contributed by atoms with Gasteiger partial charge in [0.15, 0.2) is 6.29 Å². The number of hydrogen-bond donors (Lipinski definition) is 1. The van der Waals surface area contributed by atoms with Crippen LogP contribution >= 0.6 is 15.9 Å². The summed E-state index contributed by atoms with van der Waals surface area (Å²) in [5.74, 6) is -0.797. The van der Waals surface area contributed by atoms with Gasteiger partial charge in [-0.2, -0.15) is 0 Å². The summed E-state index contributed by atoms with van der Waals surface area (Å²) >= 11 is 3.42. The van der Waals surface area contributed by atoms with E-state index in [1.807, 2.05) is 24.3 Å². The number of rotatable bonds is 5. The summed E-state index contributed by atoms with van der Waals surface area (Å²) in [6.07, 6.45) is 0.946. The third-order valence-corrected chi connectivity index (χ3v) is 3.28. The molecule has 2 rings (SSSR count). The number of halogens is 1. The fourth-order valence-corrected chi connectivity index (χ4v) is 2.35. The molecular weight excluding hydrogens is 300 g/mol. The lowest BCUT2D eigenvalue weighted by Crippen LogP contribution is -2.15. The van der Waals surface area contributed by atoms with Crippen LogP contribution in [0.5, 0.6) is 0 Å². The number of carboxylic acids is 1. The largest absolute Gasteiger partial charge is 0.481 e. The minimum absolute atomic E-state index is 0.0988. The lowest BCUT2D eigenvalue weighted by molar-refractivity contribution is -0.137. The molecule has 1 saturated heterocycles. The number of hydrogen-bond acceptors (Lipinski definition) is 3. The maximum atomic E-state index is 10.5. The van der Waals surface area contributed by atoms with Crippen molar-refractivity contribution in [2.45, 2.75) is 31.7 Å². The third kappa shape index (κ3) is 4.08. The van der Waals surface area contributed by atoms with Gasteiger partial charge in [-0.05, 0) is 24.1 Å². The predicted octanol–water partition coefficient (Wildman–Crippen LogP) is 2.60. The second-order valence-corrected chi connectivity index (χ2v) is 5.20. The van der Waals surface area contributed by atoms with Crippen molar-refractivity contribution >= 4 is 21.9 Å². The molecule has 2 atom stereocenters. The van der Waals surface area contributed by atoms with Crippen molar-refractivity contribution in [2.24, 2.45) is 0 Å². The molecule has 2 unspecified atom stereocenters. The molecule has 1 fully saturated rings. The number of carboxylic acid groups (broad SMARTS) is 1. The topological polar surface area (TPSA) is 55.8 Å². The van der Waals surface area contributed by atoms with Crippen LogP contribution in [0, 0.1) is 0 Å². The van der Waals surface area contributed by atoms with Gasteiger partial charge in [0.1, 0.15) is 0 Å². The summed E-state index contributed by atoms with van der Waals surface area (Å²) in [5, 5.41) is 8.60. The van der Waals surface area contributed by atoms with Crippen LogP contribution in [0.25, 0.3) is 0 Å². The highest BCUT2D eigenvalue weighted by atomic mass is 79.9. The molecule has 1 aromatic carbocycles. The Kier molecular flexibility index (Phi) is 4.74. The second kappa shape index (κ2) is 6.31. The Balaban J connectivity index is 1.80. The maximum Gasteiger partial charge on any atom is 0.303 e. The van der Waals surface area contributed by atoms with Gasteiger partial charge in [-0.15, -0.1) is 0 Å². The third-order valence-electron chi connectivity index (χ3n) is 2.78. The van der Waals surface area contributed by atoms with Gasteiger partial charge in [0.2, 0.25) is 0 Å². The smallest absolute Gasteiger partial charge is 0.303 e. The van der Waals surface area contributed by atoms with Crippen molar-refractivity contribution in [3.8, 4) is 0 Å². The van der Waals surface area contributed by atoms with Crippen LogP contribution in [-0.4, -0.2) is 30.1 Å². The van der Waals surface area contributed by atoms with Gasteiger partial charge in [0, 0.05) is 17.3 Å². The van der Waals surface area contributed by atoms with Gasteiger partial charge >= 0.3 is 5.97 Å². The molecule has 1 aromatic rings. The van der Waals surface area contributed by atoms with E-state index in [0.717, 1.165) is 10.0 Å². The van der Waals surface area contributed by atoms with Crippen molar-refractivity contribution in [3.63, 3.8) is 0 Å². The highest BCUT2D eigenvalue weighted by Crippen LogP contribution is 2.20. The Bertz CT molecular complexity index is 421. The molecule has 0 aromatic heterocycles. The van der Waals surface area contributed by atoms with E-state index in [1.165, 1.54) is 0 Å². The first-order chi connectivity index (χ1) is 8.63. The van der Waals surface area contributed by atoms with Gasteiger partial charge in [-0.1, -0.05) is 28.1 Å². The Morgan fingerprint density at radius 1 is 1.50 bits per heavy atom. The average Bonchev–Trinajstić information content (AvgIpc) is 2.74. The molecule has 0 amide bonds. The van der Waals surface area contributed by atoms with Crippen LogP contribution in [0.15, 0.2) is 28.7 Å². The molecule has 1 aliphatic heterocycles. The second-order valence-electron chi connectivity index (χ2n) is 4.29. The predicted molar refractivity (Wildman–Crippen MR) is 69.3 cm³/mol. The molecule has 0 bridgehead atoms. The van der Waals surface area contributed by atoms with Crippen LogP contribution < -0.4 is 0 Å². The van der Waals surface area contributed by atoms with Crippen LogP contribution in [0.4, 0.5) is 0 Å². The van der Waals surface area contributed by atoms with Gasteiger partial charge in [-0.25, -0.2) is 0 Å². The van der Waals surface area contributed by atoms with E-state index in [1.54, 1.807) is 0 Å². The molecule has 1 aliphatic rings. The standard InChI is InChI=1S/C13H15BrO4/c14-10-3-1-2-9(6-10)7-13-17-8-11(18-13)4-5-12(15)16/h1-3,6,11,13H,4-5,7-8H2,(H,15,16). The van der Waals surface area contributed by atoms with Crippen LogP contribution in [0.2, 0.25) is 0 Å². The van der Waals surface area contributed by atoms with E-state index in [-0.39, 0.29) is 18.8 Å². The van der Waals surface area contributed by atoms with E-state index >= 15 is 0 Å². The van der Waals surface area contributed by atoms with Crippen molar-refractivity contribution in [3.05, 3.63) is 34.3 Å². The van der Waals surface area contributed by atoms with Crippen LogP contribution in [0.3, 0.4) is 0 Å². The SMILES string of the molecule is O=C(O)CCC1COC(Cc2cccc(Br)c2)O1. The first-order valence-corrected chi connectivity index (χ1v) is 6.66. The maximum absolute atomic E-state index is 10.5. The summed E-state index contributed by atoms with van der Waals surface area (Å²) in [7, 11) is 0. The molecule has 18 heavy (non-hydrogen) atoms. The van der Waals surface area contributed by atoms with Gasteiger partial charge in [0.25, 0.3) is 0 Å². The molecule has 0 saturated carbocycles. The summed E-state index contributed by atoms with van der Waals surface area (Å²) in [5.41, 5.74) is 1.13. The molecular formula is C13H15BrO4. The molecule has 0 spiro atoms. The van der Waals surface area contributed by atoms with E-state index < -0.39 is 5.97 Å². The van der Waals surface area contributed by atoms with Gasteiger partial charge in [-0.3, -0.25) is 4.79 Å². The number of benzene rings is 1. The van der Waals surface area contributed by atoms with Gasteiger partial charge < -0.3 is 14.6 Å². The van der Waals surface area contributed by atoms with E-state index in [2.05, 4.69) is 15.9 Å². The Labute approximate surface area is 114 Å². The molecule has 1 heterocycles. The van der Waals surface area contributed by atoms with Crippen molar-refractivity contribution in [1.29, 1.82) is 0 Å². The summed E-state index contributed by atoms with van der Waals surface area (Å²) < 4.78 is 12.2. The molecule has 0 aliphatic carbocycles. The Hall–Kier alpha value is -0.910. The average molecular weight is 315 g/mol. The normalized spacial score (nSPS) is 23.2. The molecule has 98 valence electrons. The van der Waals surface area contributed by atoms with Gasteiger partial charge in [0.05, 0.1) is 12.7 Å². The Morgan fingerprint density at radius 2 is 2.33 bits per heavy atom. The zero-order valence-corrected chi connectivity index (χ0v) is 11.4. The highest BCUT2D eigenvalue weighted by molar-refractivity contribution is 9.10. The van der Waals surface area contributed by atoms with E-state index in [4.69, 9.17) is 14.6 Å². The van der Waals surface area contributed by atoms with E-state index in [0.29, 0.717) is 19.4 Å². The fraction of sp³-hybridized carbons (Fsp3) is 0.462. The molecule has 1 N–H and O–H groups in total. The summed E-state index contributed by atoms with van der Waals surface area (Å²) in [6, 6.07) is 7.98. The highest BCUT2D eigenvalue weighted by Gasteiger charge is 2.26. The number of ether oxygens (including phenoxy) is 2. The zero-order valence-electron chi connectivity index (χ0n) is 9.84. The van der Waals surface area contributed by atoms with Crippen molar-refractivity contribution < 1.29 is 19.4 Å². The Morgan fingerprint density at radius 3 is 3.06 bits per heavy atom. The lowest BCUT2D eigenvalue weighted by atomic mass is 10.1. The van der Waals surface area contributed by atoms with Crippen molar-refractivity contribution in [1.82, 2.24) is 0 Å². The monoisotopic (exact) mass is 314 g/mol. The molecule has 5 heteroatoms. The quantitative estimate of drug-likeness (QED) is 0.907. The first-order valence-electron chi connectivity index (χ1n) is 5.87. The number of aliphatic carboxylic acids is 1. The summed E-state index contributed by atoms with van der Waals surface area (Å²) in [6.45, 7) is 0.478. The van der Waals surface area contributed by atoms with Crippen LogP contribution in [-0.2, 0) is 20.7 Å². The minimum atomic E-state index is -0.797. The van der Waals surface area contributed by atoms with Crippen LogP contribution in [0.1, 0.15) is 18.4 Å². The lowest BCUT2D eigenvalue weighted by Gasteiger charge is -2.11. The molecule has 4 nitrogen and oxygen atoms in total. The molecule has 0 radical (unpaired) electrons.